The largest absolute Gasteiger partial charge is 0.466 e. The molecule has 0 unspecified atom stereocenters. The number of rotatable bonds is 2. The third-order valence-corrected chi connectivity index (χ3v) is 2.20. The van der Waals surface area contributed by atoms with Gasteiger partial charge in [0.25, 0.3) is 0 Å². The van der Waals surface area contributed by atoms with E-state index in [9.17, 15) is 4.79 Å². The first-order valence-corrected chi connectivity index (χ1v) is 4.63. The molecule has 15 heavy (non-hydrogen) atoms. The van der Waals surface area contributed by atoms with Crippen LogP contribution in [0.4, 0.5) is 0 Å². The maximum atomic E-state index is 10.9. The van der Waals surface area contributed by atoms with Crippen molar-refractivity contribution in [2.45, 2.75) is 0 Å². The van der Waals surface area contributed by atoms with Gasteiger partial charge in [-0.05, 0) is 17.5 Å². The molecule has 0 aliphatic heterocycles. The lowest BCUT2D eigenvalue weighted by Gasteiger charge is -1.96. The Morgan fingerprint density at radius 1 is 1.33 bits per heavy atom. The summed E-state index contributed by atoms with van der Waals surface area (Å²) in [4.78, 5) is 10.9. The number of methoxy groups -OCH3 is 1. The van der Waals surface area contributed by atoms with Crippen LogP contribution in [0.1, 0.15) is 0 Å². The van der Waals surface area contributed by atoms with E-state index in [1.165, 1.54) is 13.2 Å². The van der Waals surface area contributed by atoms with Gasteiger partial charge >= 0.3 is 5.97 Å². The topological polar surface area (TPSA) is 31.2 Å². The molecule has 0 aliphatic carbocycles. The number of ether oxygens (including phenoxy) is 1. The lowest BCUT2D eigenvalue weighted by molar-refractivity contribution is -0.134. The molecule has 0 aliphatic rings. The predicted octanol–water partition coefficient (Wildman–Crippen LogP) is 2.29. The second kappa shape index (κ2) is 4.00. The number of benzene rings is 1. The summed E-state index contributed by atoms with van der Waals surface area (Å²) in [5, 5.41) is 1.15. The van der Waals surface area contributed by atoms with Crippen LogP contribution in [0.5, 0.6) is 0 Å². The SMILES string of the molecule is COC(=O)/C=C/n1ccc2ccccc21. The summed E-state index contributed by atoms with van der Waals surface area (Å²) in [6.07, 6.45) is 4.99. The first-order chi connectivity index (χ1) is 7.31. The first-order valence-electron chi connectivity index (χ1n) is 4.63. The molecule has 1 aromatic heterocycles. The molecular weight excluding hydrogens is 190 g/mol. The third kappa shape index (κ3) is 1.91. The summed E-state index contributed by atoms with van der Waals surface area (Å²) in [6, 6.07) is 9.97. The van der Waals surface area contributed by atoms with Gasteiger partial charge in [0.05, 0.1) is 12.6 Å². The molecule has 2 rings (SSSR count). The first kappa shape index (κ1) is 9.52. The van der Waals surface area contributed by atoms with Crippen LogP contribution in [0, 0.1) is 0 Å². The van der Waals surface area contributed by atoms with Gasteiger partial charge in [0.15, 0.2) is 0 Å². The fourth-order valence-electron chi connectivity index (χ4n) is 1.44. The van der Waals surface area contributed by atoms with Gasteiger partial charge in [-0.3, -0.25) is 0 Å². The number of fused-ring (bicyclic) bond motifs is 1. The van der Waals surface area contributed by atoms with Gasteiger partial charge in [0.2, 0.25) is 0 Å². The molecule has 0 spiro atoms. The number of carbonyl (C=O) groups is 1. The second-order valence-corrected chi connectivity index (χ2v) is 3.12. The van der Waals surface area contributed by atoms with Crippen LogP contribution in [-0.2, 0) is 9.53 Å². The van der Waals surface area contributed by atoms with E-state index < -0.39 is 0 Å². The van der Waals surface area contributed by atoms with E-state index in [-0.39, 0.29) is 5.97 Å². The molecule has 0 amide bonds. The van der Waals surface area contributed by atoms with E-state index in [4.69, 9.17) is 0 Å². The smallest absolute Gasteiger partial charge is 0.331 e. The standard InChI is InChI=1S/C12H11NO2/c1-15-12(14)7-9-13-8-6-10-4-2-3-5-11(10)13/h2-9H,1H3/b9-7+. The summed E-state index contributed by atoms with van der Waals surface area (Å²) in [7, 11) is 1.36. The van der Waals surface area contributed by atoms with Gasteiger partial charge in [-0.25, -0.2) is 4.79 Å². The summed E-state index contributed by atoms with van der Waals surface area (Å²) < 4.78 is 6.40. The number of nitrogens with zero attached hydrogens (tertiary/aromatic N) is 1. The zero-order valence-corrected chi connectivity index (χ0v) is 8.38. The average Bonchev–Trinajstić information content (AvgIpc) is 2.69. The fourth-order valence-corrected chi connectivity index (χ4v) is 1.44. The molecule has 0 N–H and O–H groups in total. The lowest BCUT2D eigenvalue weighted by atomic mass is 10.2. The number of hydrogen-bond donors (Lipinski definition) is 0. The number of esters is 1. The van der Waals surface area contributed by atoms with Crippen molar-refractivity contribution in [3.8, 4) is 0 Å². The number of para-hydroxylation sites is 1. The van der Waals surface area contributed by atoms with Crippen molar-refractivity contribution in [1.29, 1.82) is 0 Å². The van der Waals surface area contributed by atoms with E-state index in [1.807, 2.05) is 41.1 Å². The zero-order chi connectivity index (χ0) is 10.7. The van der Waals surface area contributed by atoms with Crippen LogP contribution in [-0.4, -0.2) is 17.6 Å². The molecule has 0 saturated carbocycles. The number of aromatic nitrogens is 1. The van der Waals surface area contributed by atoms with Gasteiger partial charge in [-0.15, -0.1) is 0 Å². The molecular formula is C12H11NO2. The maximum absolute atomic E-state index is 10.9. The third-order valence-electron chi connectivity index (χ3n) is 2.20. The van der Waals surface area contributed by atoms with Crippen molar-refractivity contribution in [1.82, 2.24) is 4.57 Å². The summed E-state index contributed by atoms with van der Waals surface area (Å²) in [5.74, 6) is -0.354. The Bertz CT molecular complexity index is 511. The maximum Gasteiger partial charge on any atom is 0.331 e. The monoisotopic (exact) mass is 201 g/mol. The Balaban J connectivity index is 2.36. The van der Waals surface area contributed by atoms with Crippen LogP contribution in [0.15, 0.2) is 42.6 Å². The van der Waals surface area contributed by atoms with Crippen LogP contribution >= 0.6 is 0 Å². The van der Waals surface area contributed by atoms with Crippen molar-refractivity contribution in [2.75, 3.05) is 7.11 Å². The number of hydrogen-bond acceptors (Lipinski definition) is 2. The highest BCUT2D eigenvalue weighted by atomic mass is 16.5. The normalized spacial score (nSPS) is 11.0. The van der Waals surface area contributed by atoms with Crippen molar-refractivity contribution < 1.29 is 9.53 Å². The second-order valence-electron chi connectivity index (χ2n) is 3.12. The molecule has 0 bridgehead atoms. The van der Waals surface area contributed by atoms with Gasteiger partial charge in [-0.1, -0.05) is 18.2 Å². The minimum Gasteiger partial charge on any atom is -0.466 e. The number of carbonyl (C=O) groups excluding carboxylic acids is 1. The molecule has 3 nitrogen and oxygen atoms in total. The summed E-state index contributed by atoms with van der Waals surface area (Å²) in [6.45, 7) is 0. The van der Waals surface area contributed by atoms with Crippen LogP contribution in [0.3, 0.4) is 0 Å². The van der Waals surface area contributed by atoms with Crippen molar-refractivity contribution >= 4 is 23.1 Å². The van der Waals surface area contributed by atoms with Gasteiger partial charge in [0.1, 0.15) is 0 Å². The quantitative estimate of drug-likeness (QED) is 0.551. The minimum atomic E-state index is -0.354. The predicted molar refractivity (Wildman–Crippen MR) is 59.3 cm³/mol. The van der Waals surface area contributed by atoms with Gasteiger partial charge in [0, 0.05) is 18.5 Å². The molecule has 2 aromatic rings. The molecule has 76 valence electrons. The summed E-state index contributed by atoms with van der Waals surface area (Å²) >= 11 is 0. The Hall–Kier alpha value is -2.03. The molecule has 1 heterocycles. The van der Waals surface area contributed by atoms with E-state index in [0.29, 0.717) is 0 Å². The Kier molecular flexibility index (Phi) is 2.54. The van der Waals surface area contributed by atoms with Crippen LogP contribution in [0.25, 0.3) is 17.1 Å². The van der Waals surface area contributed by atoms with Crippen molar-refractivity contribution in [3.05, 3.63) is 42.6 Å². The lowest BCUT2D eigenvalue weighted by Crippen LogP contribution is -1.94. The minimum absolute atomic E-state index is 0.354. The highest BCUT2D eigenvalue weighted by Gasteiger charge is 1.97. The van der Waals surface area contributed by atoms with E-state index in [0.717, 1.165) is 10.9 Å². The average molecular weight is 201 g/mol. The molecule has 0 atom stereocenters. The Labute approximate surface area is 87.6 Å². The molecule has 3 heteroatoms. The molecule has 0 radical (unpaired) electrons. The van der Waals surface area contributed by atoms with Crippen LogP contribution < -0.4 is 0 Å². The zero-order valence-electron chi connectivity index (χ0n) is 8.38. The highest BCUT2D eigenvalue weighted by Crippen LogP contribution is 2.14. The highest BCUT2D eigenvalue weighted by molar-refractivity contribution is 5.87. The van der Waals surface area contributed by atoms with Gasteiger partial charge in [-0.2, -0.15) is 0 Å². The Morgan fingerprint density at radius 3 is 2.93 bits per heavy atom. The van der Waals surface area contributed by atoms with E-state index in [1.54, 1.807) is 6.20 Å². The van der Waals surface area contributed by atoms with E-state index in [2.05, 4.69) is 4.74 Å². The molecule has 1 aromatic carbocycles. The Morgan fingerprint density at radius 2 is 2.13 bits per heavy atom. The summed E-state index contributed by atoms with van der Waals surface area (Å²) in [5.41, 5.74) is 1.07. The fraction of sp³-hybridized carbons (Fsp3) is 0.0833. The van der Waals surface area contributed by atoms with E-state index >= 15 is 0 Å². The van der Waals surface area contributed by atoms with Crippen molar-refractivity contribution in [3.63, 3.8) is 0 Å². The molecule has 0 saturated heterocycles. The van der Waals surface area contributed by atoms with Crippen LogP contribution in [0.2, 0.25) is 0 Å². The van der Waals surface area contributed by atoms with Crippen molar-refractivity contribution in [2.24, 2.45) is 0 Å². The van der Waals surface area contributed by atoms with Gasteiger partial charge < -0.3 is 9.30 Å². The molecule has 0 fully saturated rings.